The van der Waals surface area contributed by atoms with Crippen molar-refractivity contribution in [2.24, 2.45) is 11.7 Å². The molecule has 0 aromatic heterocycles. The Morgan fingerprint density at radius 3 is 2.77 bits per heavy atom. The van der Waals surface area contributed by atoms with Gasteiger partial charge in [0, 0.05) is 25.1 Å². The molecule has 0 heterocycles. The number of nitrogens with two attached hydrogens (primary N) is 1. The molecule has 3 atom stereocenters. The molecule has 0 radical (unpaired) electrons. The van der Waals surface area contributed by atoms with Gasteiger partial charge < -0.3 is 20.5 Å². The number of amides is 1. The van der Waals surface area contributed by atoms with Crippen LogP contribution in [0, 0.1) is 5.92 Å². The second-order valence-electron chi connectivity index (χ2n) is 7.11. The molecule has 1 fully saturated rings. The second kappa shape index (κ2) is 11.4. The van der Waals surface area contributed by atoms with Crippen LogP contribution >= 0.6 is 12.4 Å². The Balaban J connectivity index is 0.00000338. The van der Waals surface area contributed by atoms with Crippen LogP contribution in [0.3, 0.4) is 0 Å². The Morgan fingerprint density at radius 1 is 1.35 bits per heavy atom. The van der Waals surface area contributed by atoms with Crippen LogP contribution < -0.4 is 15.8 Å². The maximum absolute atomic E-state index is 12.5. The van der Waals surface area contributed by atoms with E-state index in [1.165, 1.54) is 0 Å². The molecule has 148 valence electrons. The zero-order valence-electron chi connectivity index (χ0n) is 16.1. The van der Waals surface area contributed by atoms with Gasteiger partial charge in [0.25, 0.3) is 0 Å². The lowest BCUT2D eigenvalue weighted by molar-refractivity contribution is -0.127. The summed E-state index contributed by atoms with van der Waals surface area (Å²) in [5.41, 5.74) is 7.24. The molecule has 2 rings (SSSR count). The lowest BCUT2D eigenvalue weighted by atomic mass is 9.83. The molecule has 6 heteroatoms. The Kier molecular flexibility index (Phi) is 9.99. The molecule has 0 spiro atoms. The fraction of sp³-hybridized carbons (Fsp3) is 0.650. The molecule has 3 N–H and O–H groups in total. The first-order valence-corrected chi connectivity index (χ1v) is 9.40. The van der Waals surface area contributed by atoms with Crippen molar-refractivity contribution in [3.05, 3.63) is 29.8 Å². The molecule has 1 saturated carbocycles. The SMILES string of the molecule is CCCO[C@@H]1CC[C@H](C(=O)NCc2cccc(OC(C)C)c2)C[C@H]1N.Cl. The second-order valence-corrected chi connectivity index (χ2v) is 7.11. The highest BCUT2D eigenvalue weighted by atomic mass is 35.5. The van der Waals surface area contributed by atoms with Gasteiger partial charge in [-0.2, -0.15) is 0 Å². The molecular formula is C20H33ClN2O3. The van der Waals surface area contributed by atoms with E-state index in [0.717, 1.165) is 37.2 Å². The topological polar surface area (TPSA) is 73.6 Å². The minimum atomic E-state index is -0.0566. The fourth-order valence-electron chi connectivity index (χ4n) is 3.23. The zero-order valence-corrected chi connectivity index (χ0v) is 16.9. The van der Waals surface area contributed by atoms with Gasteiger partial charge in [0.2, 0.25) is 5.91 Å². The molecule has 0 aliphatic heterocycles. The summed E-state index contributed by atoms with van der Waals surface area (Å²) in [4.78, 5) is 12.5. The van der Waals surface area contributed by atoms with Gasteiger partial charge >= 0.3 is 0 Å². The van der Waals surface area contributed by atoms with E-state index in [9.17, 15) is 4.79 Å². The van der Waals surface area contributed by atoms with Gasteiger partial charge in [-0.15, -0.1) is 12.4 Å². The van der Waals surface area contributed by atoms with Crippen molar-refractivity contribution in [2.75, 3.05) is 6.61 Å². The quantitative estimate of drug-likeness (QED) is 0.720. The number of carbonyl (C=O) groups excluding carboxylic acids is 1. The third-order valence-corrected chi connectivity index (χ3v) is 4.48. The highest BCUT2D eigenvalue weighted by Gasteiger charge is 2.32. The summed E-state index contributed by atoms with van der Waals surface area (Å²) in [6.45, 7) is 7.34. The third-order valence-electron chi connectivity index (χ3n) is 4.48. The Labute approximate surface area is 163 Å². The summed E-state index contributed by atoms with van der Waals surface area (Å²) in [6, 6.07) is 7.79. The monoisotopic (exact) mass is 384 g/mol. The zero-order chi connectivity index (χ0) is 18.2. The van der Waals surface area contributed by atoms with Crippen LogP contribution in [-0.2, 0) is 16.1 Å². The summed E-state index contributed by atoms with van der Waals surface area (Å²) >= 11 is 0. The van der Waals surface area contributed by atoms with E-state index in [2.05, 4.69) is 12.2 Å². The number of carbonyl (C=O) groups is 1. The van der Waals surface area contributed by atoms with E-state index in [0.29, 0.717) is 13.0 Å². The maximum atomic E-state index is 12.5. The summed E-state index contributed by atoms with van der Waals surface area (Å²) in [6.07, 6.45) is 3.61. The van der Waals surface area contributed by atoms with Gasteiger partial charge in [-0.1, -0.05) is 19.1 Å². The molecule has 1 aliphatic carbocycles. The van der Waals surface area contributed by atoms with Crippen molar-refractivity contribution in [3.63, 3.8) is 0 Å². The van der Waals surface area contributed by atoms with Crippen molar-refractivity contribution in [1.29, 1.82) is 0 Å². The maximum Gasteiger partial charge on any atom is 0.223 e. The Hall–Kier alpha value is -1.30. The molecule has 0 bridgehead atoms. The fourth-order valence-corrected chi connectivity index (χ4v) is 3.23. The van der Waals surface area contributed by atoms with Crippen LogP contribution in [0.4, 0.5) is 0 Å². The van der Waals surface area contributed by atoms with E-state index in [4.69, 9.17) is 15.2 Å². The molecule has 5 nitrogen and oxygen atoms in total. The van der Waals surface area contributed by atoms with E-state index in [1.807, 2.05) is 38.1 Å². The number of halogens is 1. The van der Waals surface area contributed by atoms with Gasteiger partial charge in [0.1, 0.15) is 5.75 Å². The van der Waals surface area contributed by atoms with Gasteiger partial charge in [-0.3, -0.25) is 4.79 Å². The number of rotatable bonds is 8. The Bertz CT molecular complexity index is 554. The van der Waals surface area contributed by atoms with Crippen molar-refractivity contribution in [1.82, 2.24) is 5.32 Å². The van der Waals surface area contributed by atoms with E-state index in [1.54, 1.807) is 0 Å². The number of ether oxygens (including phenoxy) is 2. The standard InChI is InChI=1S/C20H32N2O3.ClH/c1-4-10-24-19-9-8-16(12-18(19)21)20(23)22-13-15-6-5-7-17(11-15)25-14(2)3;/h5-7,11,14,16,18-19H,4,8-10,12-13,21H2,1-3H3,(H,22,23);1H/t16-,18+,19+;/m0./s1. The summed E-state index contributed by atoms with van der Waals surface area (Å²) in [7, 11) is 0. The lowest BCUT2D eigenvalue weighted by Gasteiger charge is -2.33. The van der Waals surface area contributed by atoms with E-state index >= 15 is 0 Å². The molecule has 1 aromatic carbocycles. The average Bonchev–Trinajstić information content (AvgIpc) is 2.58. The highest BCUT2D eigenvalue weighted by molar-refractivity contribution is 5.85. The largest absolute Gasteiger partial charge is 0.491 e. The molecule has 0 saturated heterocycles. The molecule has 1 aliphatic rings. The highest BCUT2D eigenvalue weighted by Crippen LogP contribution is 2.26. The van der Waals surface area contributed by atoms with Crippen LogP contribution in [-0.4, -0.2) is 30.8 Å². The summed E-state index contributed by atoms with van der Waals surface area (Å²) in [5.74, 6) is 0.892. The van der Waals surface area contributed by atoms with Gasteiger partial charge in [0.15, 0.2) is 0 Å². The first-order valence-electron chi connectivity index (χ1n) is 9.40. The van der Waals surface area contributed by atoms with E-state index < -0.39 is 0 Å². The smallest absolute Gasteiger partial charge is 0.223 e. The minimum Gasteiger partial charge on any atom is -0.491 e. The first kappa shape index (κ1) is 22.7. The molecular weight excluding hydrogens is 352 g/mol. The number of hydrogen-bond acceptors (Lipinski definition) is 4. The molecule has 1 aromatic rings. The Morgan fingerprint density at radius 2 is 2.12 bits per heavy atom. The molecule has 0 unspecified atom stereocenters. The normalized spacial score (nSPS) is 22.6. The van der Waals surface area contributed by atoms with Crippen LogP contribution in [0.1, 0.15) is 52.0 Å². The van der Waals surface area contributed by atoms with Crippen LogP contribution in [0.5, 0.6) is 5.75 Å². The van der Waals surface area contributed by atoms with Crippen LogP contribution in [0.25, 0.3) is 0 Å². The van der Waals surface area contributed by atoms with Crippen LogP contribution in [0.15, 0.2) is 24.3 Å². The number of nitrogens with one attached hydrogen (secondary N) is 1. The summed E-state index contributed by atoms with van der Waals surface area (Å²) in [5, 5.41) is 3.04. The van der Waals surface area contributed by atoms with Crippen molar-refractivity contribution >= 4 is 18.3 Å². The molecule has 26 heavy (non-hydrogen) atoms. The predicted molar refractivity (Wildman–Crippen MR) is 107 cm³/mol. The lowest BCUT2D eigenvalue weighted by Crippen LogP contribution is -2.46. The first-order chi connectivity index (χ1) is 12.0. The van der Waals surface area contributed by atoms with Crippen molar-refractivity contribution in [2.45, 2.75) is 71.2 Å². The van der Waals surface area contributed by atoms with Crippen molar-refractivity contribution < 1.29 is 14.3 Å². The van der Waals surface area contributed by atoms with Gasteiger partial charge in [0.05, 0.1) is 12.2 Å². The van der Waals surface area contributed by atoms with Gasteiger partial charge in [-0.05, 0) is 57.2 Å². The van der Waals surface area contributed by atoms with Gasteiger partial charge in [-0.25, -0.2) is 0 Å². The van der Waals surface area contributed by atoms with Crippen molar-refractivity contribution in [3.8, 4) is 5.75 Å². The average molecular weight is 385 g/mol. The van der Waals surface area contributed by atoms with Crippen LogP contribution in [0.2, 0.25) is 0 Å². The number of benzene rings is 1. The van der Waals surface area contributed by atoms with E-state index in [-0.39, 0.29) is 42.5 Å². The third kappa shape index (κ3) is 7.14. The summed E-state index contributed by atoms with van der Waals surface area (Å²) < 4.78 is 11.5. The molecule has 1 amide bonds. The predicted octanol–water partition coefficient (Wildman–Crippen LogP) is 3.43. The minimum absolute atomic E-state index is 0. The number of hydrogen-bond donors (Lipinski definition) is 2.